The number of aliphatic hydroxyl groups is 1. The molecule has 0 saturated carbocycles. The van der Waals surface area contributed by atoms with E-state index in [1.807, 2.05) is 36.4 Å². The first-order valence-corrected chi connectivity index (χ1v) is 6.29. The summed E-state index contributed by atoms with van der Waals surface area (Å²) in [6.45, 7) is 3.87. The lowest BCUT2D eigenvalue weighted by Crippen LogP contribution is -2.11. The smallest absolute Gasteiger partial charge is 0.125 e. The zero-order valence-electron chi connectivity index (χ0n) is 10.8. The topological polar surface area (TPSA) is 45.4 Å². The molecule has 2 rings (SSSR count). The van der Waals surface area contributed by atoms with Crippen LogP contribution in [0.15, 0.2) is 47.1 Å². The molecular weight excluding hydrogens is 226 g/mol. The molecule has 18 heavy (non-hydrogen) atoms. The lowest BCUT2D eigenvalue weighted by atomic mass is 10.1. The van der Waals surface area contributed by atoms with Crippen LogP contribution in [0.4, 0.5) is 5.69 Å². The van der Waals surface area contributed by atoms with Crippen LogP contribution >= 0.6 is 0 Å². The minimum absolute atomic E-state index is 0.125. The fourth-order valence-electron chi connectivity index (χ4n) is 2.04. The average Bonchev–Trinajstić information content (AvgIpc) is 2.90. The van der Waals surface area contributed by atoms with Gasteiger partial charge in [-0.3, -0.25) is 0 Å². The maximum absolute atomic E-state index is 9.76. The third-order valence-electron chi connectivity index (χ3n) is 3.04. The van der Waals surface area contributed by atoms with E-state index in [1.54, 1.807) is 13.2 Å². The maximum atomic E-state index is 9.76. The Bertz CT molecular complexity index is 477. The molecule has 96 valence electrons. The van der Waals surface area contributed by atoms with Crippen molar-refractivity contribution in [3.05, 3.63) is 54.0 Å². The zero-order valence-corrected chi connectivity index (χ0v) is 10.8. The summed E-state index contributed by atoms with van der Waals surface area (Å²) >= 11 is 0. The highest BCUT2D eigenvalue weighted by atomic mass is 16.3. The van der Waals surface area contributed by atoms with E-state index >= 15 is 0 Å². The van der Waals surface area contributed by atoms with Gasteiger partial charge in [-0.25, -0.2) is 0 Å². The van der Waals surface area contributed by atoms with E-state index in [-0.39, 0.29) is 6.04 Å². The van der Waals surface area contributed by atoms with E-state index in [0.29, 0.717) is 0 Å². The largest absolute Gasteiger partial charge is 0.467 e. The van der Waals surface area contributed by atoms with Crippen LogP contribution in [0.3, 0.4) is 0 Å². The molecule has 2 atom stereocenters. The number of rotatable bonds is 5. The molecule has 2 N–H and O–H groups in total. The molecule has 0 aliphatic heterocycles. The van der Waals surface area contributed by atoms with Gasteiger partial charge in [0.15, 0.2) is 0 Å². The number of para-hydroxylation sites is 1. The van der Waals surface area contributed by atoms with Gasteiger partial charge in [0.1, 0.15) is 5.76 Å². The van der Waals surface area contributed by atoms with Crippen molar-refractivity contribution >= 4 is 5.69 Å². The number of anilines is 1. The minimum Gasteiger partial charge on any atom is -0.467 e. The minimum atomic E-state index is -0.484. The molecule has 3 heteroatoms. The van der Waals surface area contributed by atoms with E-state index in [9.17, 15) is 5.11 Å². The molecule has 0 amide bonds. The Kier molecular flexibility index (Phi) is 4.05. The number of benzene rings is 1. The van der Waals surface area contributed by atoms with E-state index < -0.39 is 6.10 Å². The van der Waals surface area contributed by atoms with Crippen LogP contribution in [-0.4, -0.2) is 5.11 Å². The number of nitrogens with one attached hydrogen (secondary N) is 1. The molecule has 0 saturated heterocycles. The summed E-state index contributed by atoms with van der Waals surface area (Å²) in [6.07, 6.45) is 2.12. The van der Waals surface area contributed by atoms with Crippen LogP contribution in [0, 0.1) is 0 Å². The Morgan fingerprint density at radius 2 is 2.00 bits per heavy atom. The molecule has 0 bridgehead atoms. The highest BCUT2D eigenvalue weighted by Crippen LogP contribution is 2.28. The first-order valence-electron chi connectivity index (χ1n) is 6.29. The standard InChI is InChI=1S/C15H19NO2/c1-3-13(15-9-6-10-18-15)16-14-8-5-4-7-12(14)11(2)17/h4-11,13,16-17H,3H2,1-2H3. The number of hydrogen-bond donors (Lipinski definition) is 2. The fraction of sp³-hybridized carbons (Fsp3) is 0.333. The Labute approximate surface area is 107 Å². The van der Waals surface area contributed by atoms with Crippen molar-refractivity contribution in [3.8, 4) is 0 Å². The molecule has 3 nitrogen and oxygen atoms in total. The third-order valence-corrected chi connectivity index (χ3v) is 3.04. The molecule has 0 radical (unpaired) electrons. The summed E-state index contributed by atoms with van der Waals surface area (Å²) in [4.78, 5) is 0. The highest BCUT2D eigenvalue weighted by molar-refractivity contribution is 5.53. The molecule has 2 unspecified atom stereocenters. The van der Waals surface area contributed by atoms with Crippen LogP contribution < -0.4 is 5.32 Å². The Morgan fingerprint density at radius 3 is 2.61 bits per heavy atom. The van der Waals surface area contributed by atoms with Gasteiger partial charge in [0, 0.05) is 11.3 Å². The summed E-state index contributed by atoms with van der Waals surface area (Å²) in [6, 6.07) is 11.8. The van der Waals surface area contributed by atoms with Gasteiger partial charge in [0.2, 0.25) is 0 Å². The monoisotopic (exact) mass is 245 g/mol. The second kappa shape index (κ2) is 5.74. The first-order chi connectivity index (χ1) is 8.72. The lowest BCUT2D eigenvalue weighted by molar-refractivity contribution is 0.200. The van der Waals surface area contributed by atoms with E-state index in [0.717, 1.165) is 23.4 Å². The van der Waals surface area contributed by atoms with Crippen LogP contribution in [0.1, 0.15) is 43.7 Å². The van der Waals surface area contributed by atoms with Crippen molar-refractivity contribution in [1.82, 2.24) is 0 Å². The van der Waals surface area contributed by atoms with Crippen LogP contribution in [0.5, 0.6) is 0 Å². The molecule has 1 heterocycles. The van der Waals surface area contributed by atoms with Gasteiger partial charge in [-0.2, -0.15) is 0 Å². The van der Waals surface area contributed by atoms with Gasteiger partial charge in [-0.1, -0.05) is 25.1 Å². The van der Waals surface area contributed by atoms with Gasteiger partial charge in [-0.15, -0.1) is 0 Å². The van der Waals surface area contributed by atoms with Crippen molar-refractivity contribution < 1.29 is 9.52 Å². The predicted octanol–water partition coefficient (Wildman–Crippen LogP) is 3.90. The third kappa shape index (κ3) is 2.74. The summed E-state index contributed by atoms with van der Waals surface area (Å²) in [5.74, 6) is 0.915. The molecule has 2 aromatic rings. The molecular formula is C15H19NO2. The Balaban J connectivity index is 2.22. The summed E-state index contributed by atoms with van der Waals surface area (Å²) in [5.41, 5.74) is 1.86. The van der Waals surface area contributed by atoms with Crippen molar-refractivity contribution in [2.75, 3.05) is 5.32 Å². The molecule has 1 aromatic carbocycles. The summed E-state index contributed by atoms with van der Waals surface area (Å²) in [5, 5.41) is 13.2. The fourth-order valence-corrected chi connectivity index (χ4v) is 2.04. The first kappa shape index (κ1) is 12.7. The number of hydrogen-bond acceptors (Lipinski definition) is 3. The number of aliphatic hydroxyl groups excluding tert-OH is 1. The summed E-state index contributed by atoms with van der Waals surface area (Å²) < 4.78 is 5.43. The zero-order chi connectivity index (χ0) is 13.0. The van der Waals surface area contributed by atoms with E-state index in [2.05, 4.69) is 12.2 Å². The van der Waals surface area contributed by atoms with Gasteiger partial charge >= 0.3 is 0 Å². The molecule has 1 aromatic heterocycles. The van der Waals surface area contributed by atoms with Crippen LogP contribution in [0.2, 0.25) is 0 Å². The average molecular weight is 245 g/mol. The van der Waals surface area contributed by atoms with Crippen LogP contribution in [0.25, 0.3) is 0 Å². The maximum Gasteiger partial charge on any atom is 0.125 e. The van der Waals surface area contributed by atoms with Crippen molar-refractivity contribution in [3.63, 3.8) is 0 Å². The van der Waals surface area contributed by atoms with Gasteiger partial charge in [0.25, 0.3) is 0 Å². The van der Waals surface area contributed by atoms with Crippen molar-refractivity contribution in [2.45, 2.75) is 32.4 Å². The Morgan fingerprint density at radius 1 is 1.22 bits per heavy atom. The van der Waals surface area contributed by atoms with E-state index in [1.165, 1.54) is 0 Å². The predicted molar refractivity (Wildman–Crippen MR) is 72.4 cm³/mol. The van der Waals surface area contributed by atoms with Crippen molar-refractivity contribution in [1.29, 1.82) is 0 Å². The van der Waals surface area contributed by atoms with Crippen molar-refractivity contribution in [2.24, 2.45) is 0 Å². The molecule has 0 spiro atoms. The molecule has 0 aliphatic carbocycles. The van der Waals surface area contributed by atoms with Crippen LogP contribution in [-0.2, 0) is 0 Å². The highest BCUT2D eigenvalue weighted by Gasteiger charge is 2.14. The SMILES string of the molecule is CCC(Nc1ccccc1C(C)O)c1ccco1. The summed E-state index contributed by atoms with van der Waals surface area (Å²) in [7, 11) is 0. The second-order valence-corrected chi connectivity index (χ2v) is 4.38. The Hall–Kier alpha value is -1.74. The lowest BCUT2D eigenvalue weighted by Gasteiger charge is -2.19. The molecule has 0 fully saturated rings. The van der Waals surface area contributed by atoms with Gasteiger partial charge < -0.3 is 14.8 Å². The molecule has 0 aliphatic rings. The second-order valence-electron chi connectivity index (χ2n) is 4.38. The van der Waals surface area contributed by atoms with E-state index in [4.69, 9.17) is 4.42 Å². The van der Waals surface area contributed by atoms with Gasteiger partial charge in [0.05, 0.1) is 18.4 Å². The van der Waals surface area contributed by atoms with Gasteiger partial charge in [-0.05, 0) is 31.5 Å². The quantitative estimate of drug-likeness (QED) is 0.839. The normalized spacial score (nSPS) is 14.2. The number of furan rings is 1.